The van der Waals surface area contributed by atoms with Crippen LogP contribution in [0.3, 0.4) is 0 Å². The molecule has 0 aliphatic carbocycles. The van der Waals surface area contributed by atoms with Crippen LogP contribution in [0.15, 0.2) is 48.7 Å². The SMILES string of the molecule is COc1ccc(CN2C(O)c3cnc(OC)c(N)c3C2(O)c2ccccc2Cl)c(OC)c1. The molecule has 0 saturated heterocycles. The third-order valence-electron chi connectivity index (χ3n) is 5.72. The zero-order chi connectivity index (χ0) is 23.0. The zero-order valence-corrected chi connectivity index (χ0v) is 18.6. The van der Waals surface area contributed by atoms with Crippen LogP contribution in [0.25, 0.3) is 0 Å². The summed E-state index contributed by atoms with van der Waals surface area (Å²) in [5.74, 6) is 1.30. The largest absolute Gasteiger partial charge is 0.497 e. The summed E-state index contributed by atoms with van der Waals surface area (Å²) in [6, 6.07) is 12.2. The lowest BCUT2D eigenvalue weighted by Crippen LogP contribution is -2.43. The number of ether oxygens (including phenoxy) is 3. The van der Waals surface area contributed by atoms with E-state index in [9.17, 15) is 10.2 Å². The van der Waals surface area contributed by atoms with Crippen molar-refractivity contribution in [3.05, 3.63) is 75.9 Å². The molecule has 2 unspecified atom stereocenters. The lowest BCUT2D eigenvalue weighted by atomic mass is 9.93. The summed E-state index contributed by atoms with van der Waals surface area (Å²) in [6.45, 7) is 0.104. The predicted octanol–water partition coefficient (Wildman–Crippen LogP) is 3.04. The lowest BCUT2D eigenvalue weighted by Gasteiger charge is -2.37. The molecule has 0 radical (unpaired) electrons. The van der Waals surface area contributed by atoms with Gasteiger partial charge in [0.2, 0.25) is 5.88 Å². The van der Waals surface area contributed by atoms with E-state index in [1.807, 2.05) is 6.07 Å². The van der Waals surface area contributed by atoms with Crippen LogP contribution in [0.5, 0.6) is 17.4 Å². The Labute approximate surface area is 190 Å². The molecule has 9 heteroatoms. The number of nitrogens with zero attached hydrogens (tertiary/aromatic N) is 2. The molecule has 8 nitrogen and oxygen atoms in total. The highest BCUT2D eigenvalue weighted by Crippen LogP contribution is 2.53. The molecule has 0 fully saturated rings. The fraction of sp³-hybridized carbons (Fsp3) is 0.261. The minimum absolute atomic E-state index is 0.104. The van der Waals surface area contributed by atoms with Gasteiger partial charge in [-0.1, -0.05) is 35.9 Å². The molecular weight excluding hydrogens is 434 g/mol. The van der Waals surface area contributed by atoms with Gasteiger partial charge in [-0.3, -0.25) is 0 Å². The number of fused-ring (bicyclic) bond motifs is 1. The number of aliphatic hydroxyl groups excluding tert-OH is 1. The van der Waals surface area contributed by atoms with Crippen LogP contribution in [-0.4, -0.2) is 41.4 Å². The molecule has 0 bridgehead atoms. The van der Waals surface area contributed by atoms with Crippen LogP contribution in [0, 0.1) is 0 Å². The Balaban J connectivity index is 1.92. The van der Waals surface area contributed by atoms with E-state index in [-0.39, 0.29) is 23.7 Å². The van der Waals surface area contributed by atoms with E-state index in [4.69, 9.17) is 31.5 Å². The lowest BCUT2D eigenvalue weighted by molar-refractivity contribution is -0.145. The Hall–Kier alpha value is -3.04. The summed E-state index contributed by atoms with van der Waals surface area (Å²) in [6.07, 6.45) is 0.223. The Bertz CT molecular complexity index is 1160. The fourth-order valence-electron chi connectivity index (χ4n) is 4.16. The van der Waals surface area contributed by atoms with Gasteiger partial charge in [0, 0.05) is 46.1 Å². The number of halogens is 1. The predicted molar refractivity (Wildman–Crippen MR) is 120 cm³/mol. The van der Waals surface area contributed by atoms with E-state index in [0.29, 0.717) is 33.2 Å². The molecule has 1 aliphatic heterocycles. The number of aromatic nitrogens is 1. The van der Waals surface area contributed by atoms with Crippen molar-refractivity contribution in [3.63, 3.8) is 0 Å². The van der Waals surface area contributed by atoms with Gasteiger partial charge >= 0.3 is 0 Å². The molecule has 0 amide bonds. The minimum Gasteiger partial charge on any atom is -0.497 e. The molecule has 1 aliphatic rings. The second-order valence-corrected chi connectivity index (χ2v) is 7.75. The van der Waals surface area contributed by atoms with Crippen molar-refractivity contribution < 1.29 is 24.4 Å². The maximum Gasteiger partial charge on any atom is 0.237 e. The van der Waals surface area contributed by atoms with Crippen molar-refractivity contribution in [3.8, 4) is 17.4 Å². The molecule has 2 aromatic carbocycles. The summed E-state index contributed by atoms with van der Waals surface area (Å²) in [5, 5.41) is 23.8. The molecule has 32 heavy (non-hydrogen) atoms. The molecule has 168 valence electrons. The number of methoxy groups -OCH3 is 3. The topological polar surface area (TPSA) is 110 Å². The number of anilines is 1. The zero-order valence-electron chi connectivity index (χ0n) is 17.9. The Kier molecular flexibility index (Phi) is 5.87. The third-order valence-corrected chi connectivity index (χ3v) is 6.05. The van der Waals surface area contributed by atoms with Crippen molar-refractivity contribution in [2.24, 2.45) is 0 Å². The maximum absolute atomic E-state index is 12.2. The van der Waals surface area contributed by atoms with Crippen molar-refractivity contribution in [2.75, 3.05) is 27.1 Å². The number of hydrogen-bond acceptors (Lipinski definition) is 8. The standard InChI is InChI=1S/C23H24ClN3O5/c1-30-14-9-8-13(18(10-14)31-2)12-27-22(28)15-11-26-21(32-3)20(25)19(15)23(27,29)16-6-4-5-7-17(16)24/h4-11,22,28-29H,12,25H2,1-3H3. The first-order valence-electron chi connectivity index (χ1n) is 9.82. The number of rotatable bonds is 6. The first kappa shape index (κ1) is 22.2. The van der Waals surface area contributed by atoms with Crippen molar-refractivity contribution in [2.45, 2.75) is 18.5 Å². The number of benzene rings is 2. The maximum atomic E-state index is 12.2. The first-order chi connectivity index (χ1) is 15.4. The van der Waals surface area contributed by atoms with Gasteiger partial charge in [-0.2, -0.15) is 0 Å². The summed E-state index contributed by atoms with van der Waals surface area (Å²) < 4.78 is 16.1. The highest BCUT2D eigenvalue weighted by atomic mass is 35.5. The monoisotopic (exact) mass is 457 g/mol. The van der Waals surface area contributed by atoms with Gasteiger partial charge in [-0.15, -0.1) is 0 Å². The Morgan fingerprint density at radius 3 is 2.53 bits per heavy atom. The second-order valence-electron chi connectivity index (χ2n) is 7.34. The smallest absolute Gasteiger partial charge is 0.237 e. The van der Waals surface area contributed by atoms with E-state index in [2.05, 4.69) is 4.98 Å². The summed E-state index contributed by atoms with van der Waals surface area (Å²) in [4.78, 5) is 5.67. The Morgan fingerprint density at radius 2 is 1.88 bits per heavy atom. The highest BCUT2D eigenvalue weighted by molar-refractivity contribution is 6.31. The van der Waals surface area contributed by atoms with Crippen molar-refractivity contribution in [1.29, 1.82) is 0 Å². The van der Waals surface area contributed by atoms with Crippen LogP contribution in [-0.2, 0) is 12.3 Å². The Morgan fingerprint density at radius 1 is 1.12 bits per heavy atom. The second kappa shape index (κ2) is 8.48. The van der Waals surface area contributed by atoms with Crippen molar-refractivity contribution in [1.82, 2.24) is 9.88 Å². The highest BCUT2D eigenvalue weighted by Gasteiger charge is 2.53. The third kappa shape index (κ3) is 3.32. The van der Waals surface area contributed by atoms with E-state index in [1.54, 1.807) is 50.6 Å². The molecule has 4 rings (SSSR count). The number of nitrogens with two attached hydrogens (primary N) is 1. The molecule has 3 aromatic rings. The van der Waals surface area contributed by atoms with Gasteiger partial charge in [0.05, 0.1) is 21.3 Å². The van der Waals surface area contributed by atoms with Crippen LogP contribution in [0.2, 0.25) is 5.02 Å². The quantitative estimate of drug-likeness (QED) is 0.518. The average Bonchev–Trinajstić information content (AvgIpc) is 3.02. The molecular formula is C23H24ClN3O5. The van der Waals surface area contributed by atoms with Gasteiger partial charge in [-0.05, 0) is 12.1 Å². The van der Waals surface area contributed by atoms with Crippen molar-refractivity contribution >= 4 is 17.3 Å². The molecule has 0 spiro atoms. The van der Waals surface area contributed by atoms with Crippen LogP contribution in [0.1, 0.15) is 28.5 Å². The van der Waals surface area contributed by atoms with Gasteiger partial charge in [-0.25, -0.2) is 9.88 Å². The van der Waals surface area contributed by atoms with Crippen LogP contribution < -0.4 is 19.9 Å². The van der Waals surface area contributed by atoms with E-state index >= 15 is 0 Å². The normalized spacial score (nSPS) is 20.1. The average molecular weight is 458 g/mol. The first-order valence-corrected chi connectivity index (χ1v) is 10.2. The molecule has 4 N–H and O–H groups in total. The summed E-state index contributed by atoms with van der Waals surface area (Å²) >= 11 is 6.50. The molecule has 0 saturated carbocycles. The van der Waals surface area contributed by atoms with Gasteiger partial charge in [0.1, 0.15) is 23.4 Å². The summed E-state index contributed by atoms with van der Waals surface area (Å²) in [7, 11) is 4.54. The number of hydrogen-bond donors (Lipinski definition) is 3. The van der Waals surface area contributed by atoms with Gasteiger partial charge in [0.15, 0.2) is 5.72 Å². The van der Waals surface area contributed by atoms with Crippen LogP contribution >= 0.6 is 11.6 Å². The van der Waals surface area contributed by atoms with E-state index in [1.165, 1.54) is 18.2 Å². The number of aliphatic hydroxyl groups is 2. The number of pyridine rings is 1. The van der Waals surface area contributed by atoms with Crippen LogP contribution in [0.4, 0.5) is 5.69 Å². The number of nitrogen functional groups attached to an aromatic ring is 1. The van der Waals surface area contributed by atoms with E-state index in [0.717, 1.165) is 0 Å². The van der Waals surface area contributed by atoms with Gasteiger partial charge < -0.3 is 30.2 Å². The molecule has 2 heterocycles. The van der Waals surface area contributed by atoms with Gasteiger partial charge in [0.25, 0.3) is 0 Å². The molecule has 1 aromatic heterocycles. The fourth-order valence-corrected chi connectivity index (χ4v) is 4.43. The summed E-state index contributed by atoms with van der Waals surface area (Å²) in [5.41, 5.74) is 6.32. The minimum atomic E-state index is -1.86. The van der Waals surface area contributed by atoms with E-state index < -0.39 is 12.0 Å². The molecule has 2 atom stereocenters.